The van der Waals surface area contributed by atoms with Crippen LogP contribution in [0.3, 0.4) is 0 Å². The van der Waals surface area contributed by atoms with Crippen molar-refractivity contribution in [3.05, 3.63) is 54.3 Å². The van der Waals surface area contributed by atoms with Crippen LogP contribution in [0.5, 0.6) is 0 Å². The second-order valence-electron chi connectivity index (χ2n) is 6.00. The number of aromatic nitrogens is 3. The molecule has 8 nitrogen and oxygen atoms in total. The molecule has 3 aromatic rings. The predicted octanol–water partition coefficient (Wildman–Crippen LogP) is 1.94. The number of carbonyl (C=O) groups is 1. The van der Waals surface area contributed by atoms with Crippen molar-refractivity contribution in [1.82, 2.24) is 19.8 Å². The average molecular weight is 385 g/mol. The summed E-state index contributed by atoms with van der Waals surface area (Å²) in [6.45, 7) is 2.26. The lowest BCUT2D eigenvalue weighted by Crippen LogP contribution is -2.42. The molecule has 140 valence electrons. The van der Waals surface area contributed by atoms with Gasteiger partial charge in [-0.15, -0.1) is 10.2 Å². The summed E-state index contributed by atoms with van der Waals surface area (Å²) in [6, 6.07) is 13.1. The fourth-order valence-corrected chi connectivity index (χ4v) is 3.92. The Balaban J connectivity index is 1.63. The smallest absolute Gasteiger partial charge is 0.240 e. The summed E-state index contributed by atoms with van der Waals surface area (Å²) in [4.78, 5) is 15.0. The quantitative estimate of drug-likeness (QED) is 0.529. The number of rotatable bonds is 5. The van der Waals surface area contributed by atoms with Crippen molar-refractivity contribution in [2.24, 2.45) is 0 Å². The molecule has 4 rings (SSSR count). The van der Waals surface area contributed by atoms with Crippen LogP contribution < -0.4 is 5.84 Å². The van der Waals surface area contributed by atoms with Crippen LogP contribution in [0.25, 0.3) is 11.6 Å². The van der Waals surface area contributed by atoms with Crippen LogP contribution in [0.2, 0.25) is 0 Å². The Labute approximate surface area is 160 Å². The molecule has 2 N–H and O–H groups in total. The monoisotopic (exact) mass is 385 g/mol. The Hall–Kier alpha value is -2.78. The third-order valence-corrected chi connectivity index (χ3v) is 5.48. The molecule has 1 aliphatic heterocycles. The van der Waals surface area contributed by atoms with E-state index in [4.69, 9.17) is 15.0 Å². The lowest BCUT2D eigenvalue weighted by atomic mass is 10.1. The molecule has 3 heterocycles. The number of carbonyl (C=O) groups excluding carboxylic acids is 1. The fraction of sp³-hybridized carbons (Fsp3) is 0.278. The standard InChI is InChI=1S/C18H19N5O3S/c19-23-16(14-7-4-10-26-14)20-21-18(23)27-15(13-5-2-1-3-6-13)17(24)22-8-11-25-12-9-22/h1-7,10,15H,8-9,11-12,19H2/t15-/m0/s1. The third kappa shape index (κ3) is 3.69. The van der Waals surface area contributed by atoms with E-state index in [0.717, 1.165) is 5.56 Å². The molecule has 27 heavy (non-hydrogen) atoms. The second-order valence-corrected chi connectivity index (χ2v) is 7.07. The highest BCUT2D eigenvalue weighted by molar-refractivity contribution is 8.00. The van der Waals surface area contributed by atoms with Gasteiger partial charge in [0, 0.05) is 13.1 Å². The number of nitrogen functional groups attached to an aromatic ring is 1. The minimum atomic E-state index is -0.472. The maximum atomic E-state index is 13.2. The number of hydrogen-bond acceptors (Lipinski definition) is 7. The molecular weight excluding hydrogens is 366 g/mol. The second kappa shape index (κ2) is 7.85. The van der Waals surface area contributed by atoms with E-state index < -0.39 is 5.25 Å². The number of furan rings is 1. The molecule has 2 aromatic heterocycles. The van der Waals surface area contributed by atoms with Gasteiger partial charge in [-0.05, 0) is 17.7 Å². The highest BCUT2D eigenvalue weighted by atomic mass is 32.2. The van der Waals surface area contributed by atoms with Crippen molar-refractivity contribution in [3.8, 4) is 11.6 Å². The maximum Gasteiger partial charge on any atom is 0.240 e. The topological polar surface area (TPSA) is 99.4 Å². The molecule has 1 saturated heterocycles. The van der Waals surface area contributed by atoms with Crippen molar-refractivity contribution in [1.29, 1.82) is 0 Å². The molecule has 1 aromatic carbocycles. The molecule has 1 amide bonds. The predicted molar refractivity (Wildman–Crippen MR) is 100 cm³/mol. The zero-order valence-electron chi connectivity index (χ0n) is 14.5. The van der Waals surface area contributed by atoms with Gasteiger partial charge < -0.3 is 19.9 Å². The summed E-state index contributed by atoms with van der Waals surface area (Å²) in [6.07, 6.45) is 1.55. The molecule has 1 aliphatic rings. The number of ether oxygens (including phenoxy) is 1. The van der Waals surface area contributed by atoms with E-state index in [-0.39, 0.29) is 5.91 Å². The van der Waals surface area contributed by atoms with Crippen molar-refractivity contribution in [3.63, 3.8) is 0 Å². The highest BCUT2D eigenvalue weighted by Gasteiger charge is 2.30. The van der Waals surface area contributed by atoms with Gasteiger partial charge in [-0.25, -0.2) is 4.68 Å². The molecule has 0 saturated carbocycles. The fourth-order valence-electron chi connectivity index (χ4n) is 2.88. The summed E-state index contributed by atoms with van der Waals surface area (Å²) in [5, 5.41) is 8.23. The van der Waals surface area contributed by atoms with E-state index in [1.807, 2.05) is 35.2 Å². The molecule has 1 fully saturated rings. The Morgan fingerprint density at radius 2 is 1.89 bits per heavy atom. The number of nitrogens with zero attached hydrogens (tertiary/aromatic N) is 4. The van der Waals surface area contributed by atoms with E-state index in [2.05, 4.69) is 10.2 Å². The van der Waals surface area contributed by atoms with Crippen LogP contribution >= 0.6 is 11.8 Å². The van der Waals surface area contributed by atoms with Crippen LogP contribution in [0.15, 0.2) is 58.3 Å². The minimum Gasteiger partial charge on any atom is -0.461 e. The summed E-state index contributed by atoms with van der Waals surface area (Å²) in [5.74, 6) is 7.11. The van der Waals surface area contributed by atoms with E-state index >= 15 is 0 Å². The van der Waals surface area contributed by atoms with E-state index in [0.29, 0.717) is 43.0 Å². The average Bonchev–Trinajstić information content (AvgIpc) is 3.37. The number of thioether (sulfide) groups is 1. The van der Waals surface area contributed by atoms with Gasteiger partial charge in [0.25, 0.3) is 0 Å². The third-order valence-electron chi connectivity index (χ3n) is 4.28. The number of hydrogen-bond donors (Lipinski definition) is 1. The Morgan fingerprint density at radius 3 is 2.59 bits per heavy atom. The lowest BCUT2D eigenvalue weighted by molar-refractivity contribution is -0.134. The van der Waals surface area contributed by atoms with Crippen molar-refractivity contribution < 1.29 is 13.9 Å². The molecule has 0 spiro atoms. The number of morpholine rings is 1. The summed E-state index contributed by atoms with van der Waals surface area (Å²) >= 11 is 1.28. The lowest BCUT2D eigenvalue weighted by Gasteiger charge is -2.30. The van der Waals surface area contributed by atoms with Gasteiger partial charge in [-0.1, -0.05) is 42.1 Å². The van der Waals surface area contributed by atoms with E-state index in [1.54, 1.807) is 18.4 Å². The van der Waals surface area contributed by atoms with Crippen LogP contribution in [0.4, 0.5) is 0 Å². The molecule has 0 unspecified atom stereocenters. The largest absolute Gasteiger partial charge is 0.461 e. The number of amides is 1. The van der Waals surface area contributed by atoms with Gasteiger partial charge >= 0.3 is 0 Å². The molecular formula is C18H19N5O3S. The zero-order chi connectivity index (χ0) is 18.6. The van der Waals surface area contributed by atoms with Crippen LogP contribution in [-0.2, 0) is 9.53 Å². The first-order chi connectivity index (χ1) is 13.2. The van der Waals surface area contributed by atoms with Gasteiger partial charge in [-0.2, -0.15) is 0 Å². The van der Waals surface area contributed by atoms with Crippen molar-refractivity contribution >= 4 is 17.7 Å². The van der Waals surface area contributed by atoms with Gasteiger partial charge in [0.05, 0.1) is 19.5 Å². The zero-order valence-corrected chi connectivity index (χ0v) is 15.3. The molecule has 1 atom stereocenters. The van der Waals surface area contributed by atoms with E-state index in [1.165, 1.54) is 16.4 Å². The van der Waals surface area contributed by atoms with Gasteiger partial charge in [0.1, 0.15) is 5.25 Å². The van der Waals surface area contributed by atoms with Gasteiger partial charge in [0.15, 0.2) is 5.76 Å². The first-order valence-corrected chi connectivity index (χ1v) is 9.44. The first-order valence-electron chi connectivity index (χ1n) is 8.56. The molecule has 0 radical (unpaired) electrons. The molecule has 0 bridgehead atoms. The molecule has 0 aliphatic carbocycles. The van der Waals surface area contributed by atoms with Gasteiger partial charge in [0.2, 0.25) is 16.9 Å². The Bertz CT molecular complexity index is 891. The first kappa shape index (κ1) is 17.6. The Morgan fingerprint density at radius 1 is 1.11 bits per heavy atom. The number of benzene rings is 1. The normalized spacial score (nSPS) is 15.6. The van der Waals surface area contributed by atoms with Crippen LogP contribution in [0.1, 0.15) is 10.8 Å². The summed E-state index contributed by atoms with van der Waals surface area (Å²) in [5.41, 5.74) is 0.890. The van der Waals surface area contributed by atoms with Crippen LogP contribution in [0, 0.1) is 0 Å². The van der Waals surface area contributed by atoms with E-state index in [9.17, 15) is 4.79 Å². The SMILES string of the molecule is Nn1c(S[C@H](C(=O)N2CCOCC2)c2ccccc2)nnc1-c1ccco1. The maximum absolute atomic E-state index is 13.2. The number of nitrogens with two attached hydrogens (primary N) is 1. The van der Waals surface area contributed by atoms with Crippen molar-refractivity contribution in [2.75, 3.05) is 32.1 Å². The Kier molecular flexibility index (Phi) is 5.12. The van der Waals surface area contributed by atoms with Gasteiger partial charge in [-0.3, -0.25) is 4.79 Å². The molecule has 9 heteroatoms. The summed E-state index contributed by atoms with van der Waals surface area (Å²) < 4.78 is 12.1. The van der Waals surface area contributed by atoms with Crippen molar-refractivity contribution in [2.45, 2.75) is 10.4 Å². The summed E-state index contributed by atoms with van der Waals surface area (Å²) in [7, 11) is 0. The van der Waals surface area contributed by atoms with Crippen LogP contribution in [-0.4, -0.2) is 52.0 Å². The highest BCUT2D eigenvalue weighted by Crippen LogP contribution is 2.36. The minimum absolute atomic E-state index is 0.0112.